The van der Waals surface area contributed by atoms with E-state index in [-0.39, 0.29) is 0 Å². The first-order chi connectivity index (χ1) is 10.4. The van der Waals surface area contributed by atoms with Crippen molar-refractivity contribution in [3.63, 3.8) is 0 Å². The second-order valence-electron chi connectivity index (χ2n) is 4.82. The third-order valence-electron chi connectivity index (χ3n) is 3.34. The second kappa shape index (κ2) is 6.98. The molecule has 0 aliphatic heterocycles. The molecule has 3 rings (SSSR count). The number of nitrogens with zero attached hydrogens (tertiary/aromatic N) is 1. The first-order valence-electron chi connectivity index (χ1n) is 7.13. The minimum atomic E-state index is 0.366. The highest BCUT2D eigenvalue weighted by Crippen LogP contribution is 2.27. The molecular formula is C17H18N2S2. The molecule has 0 bridgehead atoms. The number of likely N-dealkylation sites (N-methyl/N-ethyl adjacent to an activating group) is 1. The fourth-order valence-electron chi connectivity index (χ4n) is 2.33. The maximum absolute atomic E-state index is 4.80. The van der Waals surface area contributed by atoms with E-state index in [4.69, 9.17) is 4.98 Å². The highest BCUT2D eigenvalue weighted by Gasteiger charge is 2.14. The van der Waals surface area contributed by atoms with Crippen LogP contribution in [0.15, 0.2) is 53.2 Å². The molecule has 3 aromatic rings. The molecule has 0 fully saturated rings. The van der Waals surface area contributed by atoms with Gasteiger partial charge >= 0.3 is 0 Å². The lowest BCUT2D eigenvalue weighted by atomic mass is 10.1. The SMILES string of the molecule is CCNC(Cc1nc(-c2ccccc2)cs1)c1cccs1. The van der Waals surface area contributed by atoms with Gasteiger partial charge in [0.15, 0.2) is 0 Å². The van der Waals surface area contributed by atoms with Crippen LogP contribution in [0.3, 0.4) is 0 Å². The second-order valence-corrected chi connectivity index (χ2v) is 6.74. The van der Waals surface area contributed by atoms with E-state index in [1.54, 1.807) is 11.3 Å². The molecule has 0 saturated heterocycles. The number of aromatic nitrogens is 1. The normalized spacial score (nSPS) is 12.4. The molecule has 1 N–H and O–H groups in total. The van der Waals surface area contributed by atoms with Crippen molar-refractivity contribution in [1.29, 1.82) is 0 Å². The minimum absolute atomic E-state index is 0.366. The van der Waals surface area contributed by atoms with E-state index in [1.807, 2.05) is 17.4 Å². The summed E-state index contributed by atoms with van der Waals surface area (Å²) in [6.45, 7) is 3.12. The van der Waals surface area contributed by atoms with Crippen molar-refractivity contribution in [3.05, 3.63) is 63.1 Å². The summed E-state index contributed by atoms with van der Waals surface area (Å²) in [7, 11) is 0. The summed E-state index contributed by atoms with van der Waals surface area (Å²) >= 11 is 3.56. The maximum Gasteiger partial charge on any atom is 0.0951 e. The molecule has 0 spiro atoms. The Bertz CT molecular complexity index is 659. The standard InChI is InChI=1S/C17H18N2S2/c1-2-18-14(16-9-6-10-20-16)11-17-19-15(12-21-17)13-7-4-3-5-8-13/h3-10,12,14,18H,2,11H2,1H3. The summed E-state index contributed by atoms with van der Waals surface area (Å²) in [5, 5.41) is 9.04. The van der Waals surface area contributed by atoms with Crippen LogP contribution in [0.2, 0.25) is 0 Å². The van der Waals surface area contributed by atoms with Crippen LogP contribution in [0.4, 0.5) is 0 Å². The zero-order valence-electron chi connectivity index (χ0n) is 12.0. The van der Waals surface area contributed by atoms with Crippen molar-refractivity contribution >= 4 is 22.7 Å². The summed E-state index contributed by atoms with van der Waals surface area (Å²) in [5.41, 5.74) is 2.27. The molecule has 2 heterocycles. The molecular weight excluding hydrogens is 296 g/mol. The largest absolute Gasteiger partial charge is 0.309 e. The molecule has 0 aliphatic rings. The third kappa shape index (κ3) is 3.59. The number of rotatable bonds is 6. The quantitative estimate of drug-likeness (QED) is 0.709. The molecule has 21 heavy (non-hydrogen) atoms. The molecule has 1 aromatic carbocycles. The van der Waals surface area contributed by atoms with Gasteiger partial charge < -0.3 is 5.32 Å². The molecule has 2 aromatic heterocycles. The van der Waals surface area contributed by atoms with Crippen molar-refractivity contribution in [2.75, 3.05) is 6.54 Å². The number of benzene rings is 1. The van der Waals surface area contributed by atoms with Gasteiger partial charge in [0.25, 0.3) is 0 Å². The summed E-state index contributed by atoms with van der Waals surface area (Å²) in [5.74, 6) is 0. The number of thiophene rings is 1. The van der Waals surface area contributed by atoms with Gasteiger partial charge in [-0.05, 0) is 18.0 Å². The van der Waals surface area contributed by atoms with Gasteiger partial charge in [-0.15, -0.1) is 22.7 Å². The van der Waals surface area contributed by atoms with E-state index in [0.717, 1.165) is 18.7 Å². The zero-order chi connectivity index (χ0) is 14.5. The van der Waals surface area contributed by atoms with E-state index in [0.29, 0.717) is 6.04 Å². The fraction of sp³-hybridized carbons (Fsp3) is 0.235. The third-order valence-corrected chi connectivity index (χ3v) is 5.19. The van der Waals surface area contributed by atoms with Gasteiger partial charge in [0.05, 0.1) is 10.7 Å². The zero-order valence-corrected chi connectivity index (χ0v) is 13.6. The predicted octanol–water partition coefficient (Wildman–Crippen LogP) is 4.76. The monoisotopic (exact) mass is 314 g/mol. The summed E-state index contributed by atoms with van der Waals surface area (Å²) < 4.78 is 0. The maximum atomic E-state index is 4.80. The molecule has 2 nitrogen and oxygen atoms in total. The predicted molar refractivity (Wildman–Crippen MR) is 92.0 cm³/mol. The minimum Gasteiger partial charge on any atom is -0.309 e. The molecule has 4 heteroatoms. The van der Waals surface area contributed by atoms with Crippen LogP contribution in [0.25, 0.3) is 11.3 Å². The van der Waals surface area contributed by atoms with Gasteiger partial charge in [0.1, 0.15) is 0 Å². The van der Waals surface area contributed by atoms with Gasteiger partial charge in [0.2, 0.25) is 0 Å². The van der Waals surface area contributed by atoms with E-state index in [1.165, 1.54) is 15.4 Å². The first-order valence-corrected chi connectivity index (χ1v) is 8.89. The first kappa shape index (κ1) is 14.4. The fourth-order valence-corrected chi connectivity index (χ4v) is 3.98. The average molecular weight is 314 g/mol. The smallest absolute Gasteiger partial charge is 0.0951 e. The van der Waals surface area contributed by atoms with Crippen LogP contribution in [0, 0.1) is 0 Å². The van der Waals surface area contributed by atoms with Crippen LogP contribution >= 0.6 is 22.7 Å². The lowest BCUT2D eigenvalue weighted by molar-refractivity contribution is 0.557. The Morgan fingerprint density at radius 2 is 1.95 bits per heavy atom. The lowest BCUT2D eigenvalue weighted by Crippen LogP contribution is -2.21. The molecule has 108 valence electrons. The van der Waals surface area contributed by atoms with Crippen LogP contribution in [0.1, 0.15) is 22.9 Å². The summed E-state index contributed by atoms with van der Waals surface area (Å²) in [6, 6.07) is 15.0. The number of thiazole rings is 1. The number of nitrogens with one attached hydrogen (secondary N) is 1. The van der Waals surface area contributed by atoms with Crippen molar-refractivity contribution in [2.45, 2.75) is 19.4 Å². The van der Waals surface area contributed by atoms with Gasteiger partial charge in [-0.2, -0.15) is 0 Å². The molecule has 0 amide bonds. The Morgan fingerprint density at radius 3 is 2.67 bits per heavy atom. The van der Waals surface area contributed by atoms with Crippen molar-refractivity contribution in [1.82, 2.24) is 10.3 Å². The Balaban J connectivity index is 1.77. The van der Waals surface area contributed by atoms with Gasteiger partial charge in [0, 0.05) is 28.3 Å². The molecule has 1 unspecified atom stereocenters. The Kier molecular flexibility index (Phi) is 4.80. The molecule has 0 radical (unpaired) electrons. The lowest BCUT2D eigenvalue weighted by Gasteiger charge is -2.14. The van der Waals surface area contributed by atoms with Crippen LogP contribution in [-0.2, 0) is 6.42 Å². The van der Waals surface area contributed by atoms with Crippen LogP contribution in [-0.4, -0.2) is 11.5 Å². The van der Waals surface area contributed by atoms with Crippen molar-refractivity contribution < 1.29 is 0 Å². The Labute approximate surface area is 133 Å². The Hall–Kier alpha value is -1.49. The number of hydrogen-bond acceptors (Lipinski definition) is 4. The average Bonchev–Trinajstić information content (AvgIpc) is 3.19. The van der Waals surface area contributed by atoms with Gasteiger partial charge in [-0.25, -0.2) is 4.98 Å². The van der Waals surface area contributed by atoms with E-state index < -0.39 is 0 Å². The molecule has 1 atom stereocenters. The molecule has 0 saturated carbocycles. The van der Waals surface area contributed by atoms with Gasteiger partial charge in [-0.1, -0.05) is 43.3 Å². The van der Waals surface area contributed by atoms with E-state index >= 15 is 0 Å². The highest BCUT2D eigenvalue weighted by atomic mass is 32.1. The van der Waals surface area contributed by atoms with Crippen LogP contribution in [0.5, 0.6) is 0 Å². The van der Waals surface area contributed by atoms with E-state index in [2.05, 4.69) is 59.4 Å². The summed E-state index contributed by atoms with van der Waals surface area (Å²) in [6.07, 6.45) is 0.950. The van der Waals surface area contributed by atoms with Crippen LogP contribution < -0.4 is 5.32 Å². The highest BCUT2D eigenvalue weighted by molar-refractivity contribution is 7.10. The van der Waals surface area contributed by atoms with Gasteiger partial charge in [-0.3, -0.25) is 0 Å². The van der Waals surface area contributed by atoms with E-state index in [9.17, 15) is 0 Å². The van der Waals surface area contributed by atoms with Crippen molar-refractivity contribution in [2.24, 2.45) is 0 Å². The summed E-state index contributed by atoms with van der Waals surface area (Å²) in [4.78, 5) is 6.18. The van der Waals surface area contributed by atoms with Crippen molar-refractivity contribution in [3.8, 4) is 11.3 Å². The molecule has 0 aliphatic carbocycles. The topological polar surface area (TPSA) is 24.9 Å². The Morgan fingerprint density at radius 1 is 1.10 bits per heavy atom. The number of hydrogen-bond donors (Lipinski definition) is 1.